The van der Waals surface area contributed by atoms with E-state index in [0.717, 1.165) is 39.0 Å². The zero-order chi connectivity index (χ0) is 21.3. The Morgan fingerprint density at radius 3 is 2.40 bits per heavy atom. The molecule has 4 rings (SSSR count). The highest BCUT2D eigenvalue weighted by Crippen LogP contribution is 2.37. The second-order valence-electron chi connectivity index (χ2n) is 8.80. The first-order chi connectivity index (χ1) is 14.4. The van der Waals surface area contributed by atoms with E-state index in [1.54, 1.807) is 30.2 Å². The molecule has 0 aromatic heterocycles. The highest BCUT2D eigenvalue weighted by Gasteiger charge is 2.43. The Balaban J connectivity index is 1.60. The summed E-state index contributed by atoms with van der Waals surface area (Å²) in [6, 6.07) is 5.31. The summed E-state index contributed by atoms with van der Waals surface area (Å²) in [5, 5.41) is 0. The van der Waals surface area contributed by atoms with Gasteiger partial charge in [-0.1, -0.05) is 0 Å². The normalized spacial score (nSPS) is 22.4. The highest BCUT2D eigenvalue weighted by molar-refractivity contribution is 5.99. The van der Waals surface area contributed by atoms with Crippen molar-refractivity contribution >= 4 is 11.8 Å². The molecule has 0 radical (unpaired) electrons. The Bertz CT molecular complexity index is 798. The summed E-state index contributed by atoms with van der Waals surface area (Å²) < 4.78 is 11.9. The smallest absolute Gasteiger partial charge is 0.258 e. The van der Waals surface area contributed by atoms with Gasteiger partial charge in [-0.2, -0.15) is 0 Å². The second-order valence-corrected chi connectivity index (χ2v) is 8.80. The average molecular weight is 417 g/mol. The molecule has 164 valence electrons. The molecule has 0 unspecified atom stereocenters. The molecule has 8 heteroatoms. The monoisotopic (exact) mass is 416 g/mol. The Kier molecular flexibility index (Phi) is 5.88. The van der Waals surface area contributed by atoms with Crippen molar-refractivity contribution in [3.8, 4) is 11.5 Å². The SMILES string of the molecule is COc1ccc2c(c1)OC1(CCN(C)CC1)CN(CC(=O)N1CCN(C)CC1)C2=O. The molecular formula is C22H32N4O4. The van der Waals surface area contributed by atoms with E-state index in [9.17, 15) is 9.59 Å². The van der Waals surface area contributed by atoms with Crippen molar-refractivity contribution in [1.82, 2.24) is 19.6 Å². The van der Waals surface area contributed by atoms with Gasteiger partial charge >= 0.3 is 0 Å². The van der Waals surface area contributed by atoms with Crippen LogP contribution in [0.4, 0.5) is 0 Å². The van der Waals surface area contributed by atoms with E-state index in [1.807, 2.05) is 4.90 Å². The molecule has 3 heterocycles. The molecule has 0 aliphatic carbocycles. The summed E-state index contributed by atoms with van der Waals surface area (Å²) >= 11 is 0. The molecule has 1 aromatic rings. The van der Waals surface area contributed by atoms with E-state index in [-0.39, 0.29) is 18.4 Å². The summed E-state index contributed by atoms with van der Waals surface area (Å²) in [5.74, 6) is 1.08. The van der Waals surface area contributed by atoms with Crippen LogP contribution in [0, 0.1) is 0 Å². The number of piperidine rings is 1. The molecule has 0 N–H and O–H groups in total. The summed E-state index contributed by atoms with van der Waals surface area (Å²) in [7, 11) is 5.76. The van der Waals surface area contributed by atoms with Crippen molar-refractivity contribution in [2.45, 2.75) is 18.4 Å². The van der Waals surface area contributed by atoms with Gasteiger partial charge in [-0.25, -0.2) is 0 Å². The molecule has 30 heavy (non-hydrogen) atoms. The topological polar surface area (TPSA) is 65.6 Å². The number of benzene rings is 1. The van der Waals surface area contributed by atoms with Crippen LogP contribution in [0.5, 0.6) is 11.5 Å². The Morgan fingerprint density at radius 2 is 1.73 bits per heavy atom. The Hall–Kier alpha value is -2.32. The second kappa shape index (κ2) is 8.43. The van der Waals surface area contributed by atoms with Gasteiger partial charge in [0.05, 0.1) is 19.2 Å². The van der Waals surface area contributed by atoms with Crippen LogP contribution < -0.4 is 9.47 Å². The third kappa shape index (κ3) is 4.25. The van der Waals surface area contributed by atoms with E-state index in [2.05, 4.69) is 23.9 Å². The fraction of sp³-hybridized carbons (Fsp3) is 0.636. The fourth-order valence-corrected chi connectivity index (χ4v) is 4.48. The number of fused-ring (bicyclic) bond motifs is 1. The maximum Gasteiger partial charge on any atom is 0.258 e. The number of hydrogen-bond donors (Lipinski definition) is 0. The number of likely N-dealkylation sites (N-methyl/N-ethyl adjacent to an activating group) is 1. The number of methoxy groups -OCH3 is 1. The number of carbonyl (C=O) groups is 2. The third-order valence-electron chi connectivity index (χ3n) is 6.59. The number of nitrogens with zero attached hydrogens (tertiary/aromatic N) is 4. The van der Waals surface area contributed by atoms with Gasteiger partial charge in [0.25, 0.3) is 5.91 Å². The fourth-order valence-electron chi connectivity index (χ4n) is 4.48. The van der Waals surface area contributed by atoms with Crippen LogP contribution >= 0.6 is 0 Å². The molecule has 2 saturated heterocycles. The van der Waals surface area contributed by atoms with Gasteiger partial charge in [0.15, 0.2) is 0 Å². The molecular weight excluding hydrogens is 384 g/mol. The average Bonchev–Trinajstić information content (AvgIpc) is 2.85. The molecule has 8 nitrogen and oxygen atoms in total. The quantitative estimate of drug-likeness (QED) is 0.725. The van der Waals surface area contributed by atoms with Crippen LogP contribution in [0.25, 0.3) is 0 Å². The highest BCUT2D eigenvalue weighted by atomic mass is 16.5. The number of hydrogen-bond acceptors (Lipinski definition) is 6. The van der Waals surface area contributed by atoms with Gasteiger partial charge in [-0.05, 0) is 26.2 Å². The summed E-state index contributed by atoms with van der Waals surface area (Å²) in [6.07, 6.45) is 1.62. The number of piperazine rings is 1. The van der Waals surface area contributed by atoms with Crippen LogP contribution in [0.2, 0.25) is 0 Å². The predicted octanol–water partition coefficient (Wildman–Crippen LogP) is 0.768. The van der Waals surface area contributed by atoms with E-state index >= 15 is 0 Å². The lowest BCUT2D eigenvalue weighted by atomic mass is 9.90. The first-order valence-electron chi connectivity index (χ1n) is 10.7. The Morgan fingerprint density at radius 1 is 1.07 bits per heavy atom. The minimum Gasteiger partial charge on any atom is -0.497 e. The van der Waals surface area contributed by atoms with Crippen molar-refractivity contribution in [2.24, 2.45) is 0 Å². The molecule has 3 aliphatic rings. The molecule has 2 fully saturated rings. The lowest BCUT2D eigenvalue weighted by Crippen LogP contribution is -2.56. The molecule has 0 bridgehead atoms. The molecule has 1 aromatic carbocycles. The number of rotatable bonds is 3. The minimum atomic E-state index is -0.484. The third-order valence-corrected chi connectivity index (χ3v) is 6.59. The maximum atomic E-state index is 13.4. The van der Waals surface area contributed by atoms with Gasteiger partial charge in [-0.15, -0.1) is 0 Å². The predicted molar refractivity (Wildman–Crippen MR) is 113 cm³/mol. The van der Waals surface area contributed by atoms with Crippen molar-refractivity contribution in [1.29, 1.82) is 0 Å². The summed E-state index contributed by atoms with van der Waals surface area (Å²) in [6.45, 7) is 5.45. The van der Waals surface area contributed by atoms with E-state index in [1.165, 1.54) is 0 Å². The van der Waals surface area contributed by atoms with Gasteiger partial charge in [-0.3, -0.25) is 9.59 Å². The van der Waals surface area contributed by atoms with Gasteiger partial charge in [0.2, 0.25) is 5.91 Å². The van der Waals surface area contributed by atoms with Crippen LogP contribution in [-0.4, -0.2) is 111 Å². The molecule has 3 aliphatic heterocycles. The van der Waals surface area contributed by atoms with Crippen LogP contribution in [-0.2, 0) is 4.79 Å². The standard InChI is InChI=1S/C22H32N4O4/c1-23-8-6-22(7-9-23)16-26(15-20(27)25-12-10-24(2)11-13-25)21(28)18-5-4-17(29-3)14-19(18)30-22/h4-5,14H,6-13,15-16H2,1-3H3. The Labute approximate surface area is 178 Å². The van der Waals surface area contributed by atoms with Gasteiger partial charge in [0.1, 0.15) is 23.6 Å². The minimum absolute atomic E-state index is 0.0106. The zero-order valence-electron chi connectivity index (χ0n) is 18.2. The van der Waals surface area contributed by atoms with Crippen molar-refractivity contribution in [3.05, 3.63) is 23.8 Å². The van der Waals surface area contributed by atoms with Crippen LogP contribution in [0.3, 0.4) is 0 Å². The lowest BCUT2D eigenvalue weighted by molar-refractivity contribution is -0.134. The summed E-state index contributed by atoms with van der Waals surface area (Å²) in [5.41, 5.74) is 0.0140. The lowest BCUT2D eigenvalue weighted by Gasteiger charge is -2.42. The number of carbonyl (C=O) groups excluding carboxylic acids is 2. The largest absolute Gasteiger partial charge is 0.497 e. The number of likely N-dealkylation sites (tertiary alicyclic amines) is 1. The van der Waals surface area contributed by atoms with E-state index < -0.39 is 5.60 Å². The number of amides is 2. The maximum absolute atomic E-state index is 13.4. The summed E-state index contributed by atoms with van der Waals surface area (Å²) in [4.78, 5) is 34.5. The molecule has 1 spiro atoms. The molecule has 0 saturated carbocycles. The van der Waals surface area contributed by atoms with Gasteiger partial charge < -0.3 is 29.1 Å². The van der Waals surface area contributed by atoms with Crippen molar-refractivity contribution < 1.29 is 19.1 Å². The van der Waals surface area contributed by atoms with Crippen molar-refractivity contribution in [3.63, 3.8) is 0 Å². The molecule has 2 amide bonds. The van der Waals surface area contributed by atoms with Crippen LogP contribution in [0.1, 0.15) is 23.2 Å². The first-order valence-corrected chi connectivity index (χ1v) is 10.7. The van der Waals surface area contributed by atoms with Gasteiger partial charge in [0, 0.05) is 58.2 Å². The van der Waals surface area contributed by atoms with Crippen molar-refractivity contribution in [2.75, 3.05) is 73.6 Å². The van der Waals surface area contributed by atoms with E-state index in [4.69, 9.17) is 9.47 Å². The van der Waals surface area contributed by atoms with E-state index in [0.29, 0.717) is 36.7 Å². The van der Waals surface area contributed by atoms with Crippen LogP contribution in [0.15, 0.2) is 18.2 Å². The first kappa shape index (κ1) is 20.9. The zero-order valence-corrected chi connectivity index (χ0v) is 18.2. The number of ether oxygens (including phenoxy) is 2. The molecule has 0 atom stereocenters.